The number of phenolic OH excluding ortho intramolecular Hbond substituents is 2. The van der Waals surface area contributed by atoms with Crippen molar-refractivity contribution in [1.82, 2.24) is 0 Å². The van der Waals surface area contributed by atoms with E-state index in [0.29, 0.717) is 11.5 Å². The Morgan fingerprint density at radius 3 is 1.50 bits per heavy atom. The van der Waals surface area contributed by atoms with Crippen molar-refractivity contribution < 1.29 is 19.7 Å². The van der Waals surface area contributed by atoms with E-state index in [1.165, 1.54) is 0 Å². The fourth-order valence-corrected chi connectivity index (χ4v) is 2.41. The van der Waals surface area contributed by atoms with Gasteiger partial charge in [0.15, 0.2) is 23.0 Å². The maximum Gasteiger partial charge on any atom is 0.160 e. The van der Waals surface area contributed by atoms with Gasteiger partial charge in [0, 0.05) is 0 Å². The second-order valence-corrected chi connectivity index (χ2v) is 5.22. The van der Waals surface area contributed by atoms with Crippen molar-refractivity contribution in [2.75, 3.05) is 14.2 Å². The molecule has 0 atom stereocenters. The zero-order chi connectivity index (χ0) is 15.9. The second kappa shape index (κ2) is 7.59. The van der Waals surface area contributed by atoms with Gasteiger partial charge in [-0.15, -0.1) is 0 Å². The van der Waals surface area contributed by atoms with Gasteiger partial charge in [0.1, 0.15) is 0 Å². The molecule has 0 amide bonds. The van der Waals surface area contributed by atoms with Crippen LogP contribution in [0.2, 0.25) is 0 Å². The average Bonchev–Trinajstić information content (AvgIpc) is 2.54. The summed E-state index contributed by atoms with van der Waals surface area (Å²) >= 11 is 0. The predicted octanol–water partition coefficient (Wildman–Crippen LogP) is 3.68. The molecule has 0 unspecified atom stereocenters. The molecule has 0 saturated carbocycles. The molecule has 0 aliphatic heterocycles. The largest absolute Gasteiger partial charge is 0.504 e. The first-order chi connectivity index (χ1) is 10.6. The van der Waals surface area contributed by atoms with Gasteiger partial charge in [-0.3, -0.25) is 0 Å². The molecule has 2 N–H and O–H groups in total. The van der Waals surface area contributed by atoms with E-state index in [1.807, 2.05) is 24.3 Å². The highest BCUT2D eigenvalue weighted by Gasteiger charge is 2.04. The molecule has 2 rings (SSSR count). The zero-order valence-electron chi connectivity index (χ0n) is 13.0. The third-order valence-electron chi connectivity index (χ3n) is 3.67. The number of hydrogen-bond acceptors (Lipinski definition) is 4. The van der Waals surface area contributed by atoms with Gasteiger partial charge < -0.3 is 19.7 Å². The lowest BCUT2D eigenvalue weighted by molar-refractivity contribution is 0.372. The average molecular weight is 302 g/mol. The topological polar surface area (TPSA) is 58.9 Å². The molecule has 0 bridgehead atoms. The van der Waals surface area contributed by atoms with Crippen LogP contribution in [0.1, 0.15) is 24.0 Å². The molecular weight excluding hydrogens is 280 g/mol. The Morgan fingerprint density at radius 1 is 0.727 bits per heavy atom. The van der Waals surface area contributed by atoms with Crippen LogP contribution in [0.5, 0.6) is 23.0 Å². The van der Waals surface area contributed by atoms with Crippen molar-refractivity contribution in [1.29, 1.82) is 0 Å². The zero-order valence-corrected chi connectivity index (χ0v) is 13.0. The third-order valence-corrected chi connectivity index (χ3v) is 3.67. The summed E-state index contributed by atoms with van der Waals surface area (Å²) < 4.78 is 10.2. The highest BCUT2D eigenvalue weighted by Crippen LogP contribution is 2.28. The number of benzene rings is 2. The minimum atomic E-state index is 0.169. The van der Waals surface area contributed by atoms with Crippen LogP contribution in [-0.2, 0) is 12.8 Å². The number of ether oxygens (including phenoxy) is 2. The summed E-state index contributed by atoms with van der Waals surface area (Å²) in [5, 5.41) is 19.1. The fraction of sp³-hybridized carbons (Fsp3) is 0.333. The number of aromatic hydroxyl groups is 2. The number of aryl methyl sites for hydroxylation is 2. The fourth-order valence-electron chi connectivity index (χ4n) is 2.41. The minimum absolute atomic E-state index is 0.169. The van der Waals surface area contributed by atoms with Crippen molar-refractivity contribution in [3.63, 3.8) is 0 Å². The molecule has 0 aliphatic rings. The normalized spacial score (nSPS) is 10.5. The van der Waals surface area contributed by atoms with Gasteiger partial charge in [-0.25, -0.2) is 0 Å². The molecule has 2 aromatic carbocycles. The summed E-state index contributed by atoms with van der Waals surface area (Å²) in [6, 6.07) is 10.9. The van der Waals surface area contributed by atoms with Crippen LogP contribution in [0.4, 0.5) is 0 Å². The van der Waals surface area contributed by atoms with Crippen LogP contribution >= 0.6 is 0 Å². The first-order valence-electron chi connectivity index (χ1n) is 7.36. The molecule has 4 heteroatoms. The van der Waals surface area contributed by atoms with Gasteiger partial charge in [-0.05, 0) is 61.1 Å². The van der Waals surface area contributed by atoms with E-state index in [9.17, 15) is 10.2 Å². The Morgan fingerprint density at radius 2 is 1.14 bits per heavy atom. The summed E-state index contributed by atoms with van der Waals surface area (Å²) in [4.78, 5) is 0. The number of unbranched alkanes of at least 4 members (excludes halogenated alkanes) is 1. The number of hydrogen-bond donors (Lipinski definition) is 2. The van der Waals surface area contributed by atoms with E-state index in [4.69, 9.17) is 9.47 Å². The second-order valence-electron chi connectivity index (χ2n) is 5.22. The van der Waals surface area contributed by atoms with Gasteiger partial charge in [0.25, 0.3) is 0 Å². The summed E-state index contributed by atoms with van der Waals surface area (Å²) in [7, 11) is 3.11. The van der Waals surface area contributed by atoms with E-state index < -0.39 is 0 Å². The Hall–Kier alpha value is -2.36. The molecule has 0 aliphatic carbocycles. The van der Waals surface area contributed by atoms with Crippen LogP contribution in [0.25, 0.3) is 0 Å². The van der Waals surface area contributed by atoms with Crippen LogP contribution < -0.4 is 9.47 Å². The number of phenols is 2. The smallest absolute Gasteiger partial charge is 0.160 e. The standard InChI is InChI=1S/C18H22O4/c1-21-17-11-13(7-9-15(17)19)5-3-4-6-14-8-10-16(20)18(12-14)22-2/h7-12,19-20H,3-6H2,1-2H3. The van der Waals surface area contributed by atoms with Crippen LogP contribution in [0, 0.1) is 0 Å². The van der Waals surface area contributed by atoms with Crippen molar-refractivity contribution in [3.8, 4) is 23.0 Å². The molecule has 0 fully saturated rings. The quantitative estimate of drug-likeness (QED) is 0.766. The van der Waals surface area contributed by atoms with Gasteiger partial charge in [0.05, 0.1) is 14.2 Å². The molecule has 0 saturated heterocycles. The van der Waals surface area contributed by atoms with E-state index in [2.05, 4.69) is 0 Å². The minimum Gasteiger partial charge on any atom is -0.504 e. The lowest BCUT2D eigenvalue weighted by atomic mass is 10.0. The maximum absolute atomic E-state index is 9.57. The Labute approximate surface area is 130 Å². The lowest BCUT2D eigenvalue weighted by Gasteiger charge is -2.08. The van der Waals surface area contributed by atoms with Crippen LogP contribution in [-0.4, -0.2) is 24.4 Å². The van der Waals surface area contributed by atoms with E-state index in [0.717, 1.165) is 36.8 Å². The first-order valence-corrected chi connectivity index (χ1v) is 7.36. The van der Waals surface area contributed by atoms with Crippen LogP contribution in [0.15, 0.2) is 36.4 Å². The van der Waals surface area contributed by atoms with Crippen molar-refractivity contribution in [2.24, 2.45) is 0 Å². The summed E-state index contributed by atoms with van der Waals surface area (Å²) in [6.45, 7) is 0. The SMILES string of the molecule is COc1cc(CCCCc2ccc(O)c(OC)c2)ccc1O. The predicted molar refractivity (Wildman–Crippen MR) is 86.0 cm³/mol. The number of methoxy groups -OCH3 is 2. The van der Waals surface area contributed by atoms with Crippen molar-refractivity contribution in [3.05, 3.63) is 47.5 Å². The highest BCUT2D eigenvalue weighted by molar-refractivity contribution is 5.42. The summed E-state index contributed by atoms with van der Waals surface area (Å²) in [5.74, 6) is 1.37. The van der Waals surface area contributed by atoms with E-state index >= 15 is 0 Å². The molecule has 0 aromatic heterocycles. The van der Waals surface area contributed by atoms with E-state index in [-0.39, 0.29) is 11.5 Å². The van der Waals surface area contributed by atoms with E-state index in [1.54, 1.807) is 26.4 Å². The van der Waals surface area contributed by atoms with Gasteiger partial charge in [-0.1, -0.05) is 12.1 Å². The van der Waals surface area contributed by atoms with Crippen molar-refractivity contribution >= 4 is 0 Å². The maximum atomic E-state index is 9.57. The lowest BCUT2D eigenvalue weighted by Crippen LogP contribution is -1.92. The molecule has 22 heavy (non-hydrogen) atoms. The van der Waals surface area contributed by atoms with Gasteiger partial charge in [-0.2, -0.15) is 0 Å². The first kappa shape index (κ1) is 16.0. The summed E-state index contributed by atoms with van der Waals surface area (Å²) in [6.07, 6.45) is 3.95. The Balaban J connectivity index is 1.84. The number of rotatable bonds is 7. The monoisotopic (exact) mass is 302 g/mol. The highest BCUT2D eigenvalue weighted by atomic mass is 16.5. The Kier molecular flexibility index (Phi) is 5.53. The Bertz CT molecular complexity index is 567. The molecule has 0 heterocycles. The molecule has 0 spiro atoms. The van der Waals surface area contributed by atoms with Gasteiger partial charge >= 0.3 is 0 Å². The molecule has 0 radical (unpaired) electrons. The molecule has 2 aromatic rings. The van der Waals surface area contributed by atoms with Gasteiger partial charge in [0.2, 0.25) is 0 Å². The third kappa shape index (κ3) is 4.07. The summed E-state index contributed by atoms with van der Waals surface area (Å²) in [5.41, 5.74) is 2.30. The molecule has 118 valence electrons. The van der Waals surface area contributed by atoms with Crippen molar-refractivity contribution in [2.45, 2.75) is 25.7 Å². The molecule has 4 nitrogen and oxygen atoms in total. The van der Waals surface area contributed by atoms with Crippen LogP contribution in [0.3, 0.4) is 0 Å². The molecular formula is C18H22O4.